The molecule has 5 heteroatoms. The van der Waals surface area contributed by atoms with E-state index in [1.54, 1.807) is 17.0 Å². The first-order valence-electron chi connectivity index (χ1n) is 11.4. The summed E-state index contributed by atoms with van der Waals surface area (Å²) in [5.41, 5.74) is 3.03. The summed E-state index contributed by atoms with van der Waals surface area (Å²) >= 11 is 0. The maximum absolute atomic E-state index is 13.1. The third-order valence-corrected chi connectivity index (χ3v) is 6.25. The van der Waals surface area contributed by atoms with E-state index in [1.165, 1.54) is 0 Å². The fraction of sp³-hybridized carbons (Fsp3) is 0.286. The normalized spacial score (nSPS) is 17.7. The van der Waals surface area contributed by atoms with Gasteiger partial charge in [-0.15, -0.1) is 0 Å². The van der Waals surface area contributed by atoms with Gasteiger partial charge >= 0.3 is 0 Å². The Hall–Kier alpha value is -3.44. The van der Waals surface area contributed by atoms with Crippen molar-refractivity contribution in [3.63, 3.8) is 0 Å². The molecule has 0 aromatic heterocycles. The second-order valence-electron chi connectivity index (χ2n) is 8.68. The highest BCUT2D eigenvalue weighted by atomic mass is 16.5. The molecular formula is C28H30N2O3. The van der Waals surface area contributed by atoms with E-state index in [4.69, 9.17) is 4.74 Å². The van der Waals surface area contributed by atoms with Gasteiger partial charge < -0.3 is 15.0 Å². The van der Waals surface area contributed by atoms with Crippen molar-refractivity contribution in [2.24, 2.45) is 0 Å². The second-order valence-corrected chi connectivity index (χ2v) is 8.68. The van der Waals surface area contributed by atoms with Crippen molar-refractivity contribution in [3.05, 3.63) is 107 Å². The molecule has 1 N–H and O–H groups in total. The molecule has 0 aliphatic carbocycles. The van der Waals surface area contributed by atoms with Gasteiger partial charge in [0, 0.05) is 18.7 Å². The third-order valence-electron chi connectivity index (χ3n) is 6.25. The summed E-state index contributed by atoms with van der Waals surface area (Å²) in [6, 6.07) is 27.3. The van der Waals surface area contributed by atoms with E-state index in [0.717, 1.165) is 23.1 Å². The Bertz CT molecular complexity index is 1070. The van der Waals surface area contributed by atoms with Crippen LogP contribution >= 0.6 is 0 Å². The number of nitrogens with zero attached hydrogens (tertiary/aromatic N) is 1. The maximum atomic E-state index is 13.1. The molecule has 33 heavy (non-hydrogen) atoms. The summed E-state index contributed by atoms with van der Waals surface area (Å²) in [7, 11) is 0. The van der Waals surface area contributed by atoms with Gasteiger partial charge in [-0.05, 0) is 48.6 Å². The van der Waals surface area contributed by atoms with Gasteiger partial charge in [0.15, 0.2) is 0 Å². The van der Waals surface area contributed by atoms with Gasteiger partial charge in [-0.2, -0.15) is 0 Å². The van der Waals surface area contributed by atoms with Crippen LogP contribution in [-0.4, -0.2) is 28.8 Å². The van der Waals surface area contributed by atoms with Crippen molar-refractivity contribution >= 4 is 11.8 Å². The molecule has 1 aliphatic rings. The van der Waals surface area contributed by atoms with Crippen LogP contribution in [0.1, 0.15) is 46.8 Å². The number of likely N-dealkylation sites (tertiary alicyclic amines) is 1. The van der Waals surface area contributed by atoms with E-state index in [2.05, 4.69) is 5.32 Å². The van der Waals surface area contributed by atoms with Gasteiger partial charge in [-0.25, -0.2) is 0 Å². The molecule has 170 valence electrons. The third kappa shape index (κ3) is 5.49. The van der Waals surface area contributed by atoms with Gasteiger partial charge in [-0.3, -0.25) is 9.59 Å². The quantitative estimate of drug-likeness (QED) is 0.549. The van der Waals surface area contributed by atoms with Crippen LogP contribution in [-0.2, 0) is 29.3 Å². The Morgan fingerprint density at radius 1 is 0.848 bits per heavy atom. The fourth-order valence-corrected chi connectivity index (χ4v) is 4.25. The molecule has 1 aliphatic heterocycles. The topological polar surface area (TPSA) is 58.6 Å². The fourth-order valence-electron chi connectivity index (χ4n) is 4.25. The average Bonchev–Trinajstić information content (AvgIpc) is 3.27. The van der Waals surface area contributed by atoms with Crippen LogP contribution in [0.4, 0.5) is 0 Å². The van der Waals surface area contributed by atoms with Crippen LogP contribution in [0.15, 0.2) is 84.9 Å². The predicted octanol–water partition coefficient (Wildman–Crippen LogP) is 4.71. The largest absolute Gasteiger partial charge is 0.372 e. The first-order valence-corrected chi connectivity index (χ1v) is 11.4. The lowest BCUT2D eigenvalue weighted by molar-refractivity contribution is -0.130. The van der Waals surface area contributed by atoms with Crippen molar-refractivity contribution in [1.29, 1.82) is 0 Å². The summed E-state index contributed by atoms with van der Waals surface area (Å²) in [6.07, 6.45) is 1.48. The van der Waals surface area contributed by atoms with E-state index in [9.17, 15) is 9.59 Å². The lowest BCUT2D eigenvalue weighted by Gasteiger charge is -2.34. The number of hydrogen-bond acceptors (Lipinski definition) is 3. The minimum Gasteiger partial charge on any atom is -0.372 e. The van der Waals surface area contributed by atoms with E-state index in [0.29, 0.717) is 38.3 Å². The molecule has 1 atom stereocenters. The van der Waals surface area contributed by atoms with Gasteiger partial charge in [0.1, 0.15) is 5.54 Å². The zero-order valence-corrected chi connectivity index (χ0v) is 19.0. The molecule has 4 rings (SSSR count). The molecule has 0 bridgehead atoms. The molecule has 0 spiro atoms. The van der Waals surface area contributed by atoms with E-state index in [-0.39, 0.29) is 11.8 Å². The summed E-state index contributed by atoms with van der Waals surface area (Å²) in [5.74, 6) is -0.204. The summed E-state index contributed by atoms with van der Waals surface area (Å²) in [4.78, 5) is 27.8. The van der Waals surface area contributed by atoms with Crippen LogP contribution < -0.4 is 5.32 Å². The van der Waals surface area contributed by atoms with Crippen LogP contribution in [0.25, 0.3) is 0 Å². The predicted molar refractivity (Wildman–Crippen MR) is 128 cm³/mol. The Morgan fingerprint density at radius 2 is 1.42 bits per heavy atom. The molecule has 0 saturated carbocycles. The number of nitrogens with one attached hydrogen (secondary N) is 1. The van der Waals surface area contributed by atoms with E-state index in [1.807, 2.05) is 79.7 Å². The molecule has 1 unspecified atom stereocenters. The molecule has 3 aromatic carbocycles. The van der Waals surface area contributed by atoms with Crippen molar-refractivity contribution in [2.45, 2.75) is 45.1 Å². The second kappa shape index (κ2) is 10.5. The van der Waals surface area contributed by atoms with Gasteiger partial charge in [0.05, 0.1) is 13.2 Å². The highest BCUT2D eigenvalue weighted by molar-refractivity contribution is 5.99. The zero-order valence-electron chi connectivity index (χ0n) is 19.0. The van der Waals surface area contributed by atoms with Crippen LogP contribution in [0.2, 0.25) is 0 Å². The van der Waals surface area contributed by atoms with Crippen molar-refractivity contribution < 1.29 is 14.3 Å². The lowest BCUT2D eigenvalue weighted by Crippen LogP contribution is -2.55. The number of rotatable bonds is 8. The monoisotopic (exact) mass is 442 g/mol. The van der Waals surface area contributed by atoms with E-state index < -0.39 is 5.54 Å². The maximum Gasteiger partial charge on any atom is 0.254 e. The standard InChI is InChI=1S/C28H30N2O3/c1-28(17-8-18-30(28)26(31)25-11-6-3-7-12-25)27(32)29-19-22-13-15-24(16-14-22)21-33-20-23-9-4-2-5-10-23/h2-7,9-16H,8,17-21H2,1H3,(H,29,32). The Balaban J connectivity index is 1.30. The lowest BCUT2D eigenvalue weighted by atomic mass is 9.96. The number of carbonyl (C=O) groups excluding carboxylic acids is 2. The van der Waals surface area contributed by atoms with Gasteiger partial charge in [-0.1, -0.05) is 72.8 Å². The SMILES string of the molecule is CC1(C(=O)NCc2ccc(COCc3ccccc3)cc2)CCCN1C(=O)c1ccccc1. The van der Waals surface area contributed by atoms with E-state index >= 15 is 0 Å². The van der Waals surface area contributed by atoms with Crippen LogP contribution in [0.5, 0.6) is 0 Å². The van der Waals surface area contributed by atoms with Gasteiger partial charge in [0.2, 0.25) is 5.91 Å². The highest BCUT2D eigenvalue weighted by Crippen LogP contribution is 2.31. The van der Waals surface area contributed by atoms with Crippen LogP contribution in [0, 0.1) is 0 Å². The molecular weight excluding hydrogens is 412 g/mol. The number of ether oxygens (including phenoxy) is 1. The number of carbonyl (C=O) groups is 2. The smallest absolute Gasteiger partial charge is 0.254 e. The highest BCUT2D eigenvalue weighted by Gasteiger charge is 2.45. The Morgan fingerprint density at radius 3 is 2.09 bits per heavy atom. The summed E-state index contributed by atoms with van der Waals surface area (Å²) in [5, 5.41) is 3.04. The molecule has 3 aromatic rings. The number of benzene rings is 3. The molecule has 1 saturated heterocycles. The minimum atomic E-state index is -0.835. The Kier molecular flexibility index (Phi) is 7.20. The first kappa shape index (κ1) is 22.7. The van der Waals surface area contributed by atoms with Crippen LogP contribution in [0.3, 0.4) is 0 Å². The average molecular weight is 443 g/mol. The molecule has 5 nitrogen and oxygen atoms in total. The minimum absolute atomic E-state index is 0.0920. The molecule has 2 amide bonds. The zero-order chi connectivity index (χ0) is 23.1. The number of amides is 2. The summed E-state index contributed by atoms with van der Waals surface area (Å²) < 4.78 is 5.79. The molecule has 1 fully saturated rings. The number of hydrogen-bond donors (Lipinski definition) is 1. The first-order chi connectivity index (χ1) is 16.1. The van der Waals surface area contributed by atoms with Crippen molar-refractivity contribution in [3.8, 4) is 0 Å². The molecule has 1 heterocycles. The van der Waals surface area contributed by atoms with Crippen molar-refractivity contribution in [2.75, 3.05) is 6.54 Å². The van der Waals surface area contributed by atoms with Gasteiger partial charge in [0.25, 0.3) is 5.91 Å². The summed E-state index contributed by atoms with van der Waals surface area (Å²) in [6.45, 7) is 4.00. The van der Waals surface area contributed by atoms with Crippen molar-refractivity contribution in [1.82, 2.24) is 10.2 Å². The Labute approximate surface area is 195 Å². The molecule has 0 radical (unpaired) electrons.